The number of hydrogen-bond acceptors (Lipinski definition) is 1. The van der Waals surface area contributed by atoms with Crippen molar-refractivity contribution >= 4 is 40.7 Å². The molecule has 1 aromatic rings. The van der Waals surface area contributed by atoms with E-state index in [9.17, 15) is 4.79 Å². The fourth-order valence-electron chi connectivity index (χ4n) is 0.975. The van der Waals surface area contributed by atoms with Gasteiger partial charge in [-0.05, 0) is 17.7 Å². The molecule has 0 fully saturated rings. The average molecular weight is 253 g/mol. The van der Waals surface area contributed by atoms with Gasteiger partial charge in [0.1, 0.15) is 5.38 Å². The summed E-state index contributed by atoms with van der Waals surface area (Å²) in [5.74, 6) is -0.295. The van der Waals surface area contributed by atoms with Crippen LogP contribution in [-0.2, 0) is 4.79 Å². The quantitative estimate of drug-likeness (QED) is 0.806. The monoisotopic (exact) mass is 251 g/mol. The molecule has 1 rings (SSSR count). The Morgan fingerprint density at radius 3 is 2.57 bits per heavy atom. The summed E-state index contributed by atoms with van der Waals surface area (Å²) in [6.45, 7) is 0. The SMILES string of the molecule is CNC(=O)C(Cl)c1ccc(Cl)cc1Cl. The molecule has 0 radical (unpaired) electrons. The predicted octanol–water partition coefficient (Wildman–Crippen LogP) is 3.02. The van der Waals surface area contributed by atoms with Gasteiger partial charge in [-0.3, -0.25) is 4.79 Å². The van der Waals surface area contributed by atoms with Crippen molar-refractivity contribution in [2.75, 3.05) is 7.05 Å². The van der Waals surface area contributed by atoms with Crippen molar-refractivity contribution in [1.82, 2.24) is 5.32 Å². The van der Waals surface area contributed by atoms with Crippen molar-refractivity contribution in [3.63, 3.8) is 0 Å². The predicted molar refractivity (Wildman–Crippen MR) is 59.1 cm³/mol. The first kappa shape index (κ1) is 11.6. The number of rotatable bonds is 2. The molecule has 0 saturated carbocycles. The van der Waals surface area contributed by atoms with E-state index in [1.54, 1.807) is 18.2 Å². The van der Waals surface area contributed by atoms with E-state index in [2.05, 4.69) is 5.32 Å². The lowest BCUT2D eigenvalue weighted by atomic mass is 10.1. The van der Waals surface area contributed by atoms with Gasteiger partial charge < -0.3 is 5.32 Å². The van der Waals surface area contributed by atoms with Crippen LogP contribution in [-0.4, -0.2) is 13.0 Å². The van der Waals surface area contributed by atoms with E-state index < -0.39 is 5.38 Å². The first-order valence-corrected chi connectivity index (χ1v) is 5.06. The molecule has 1 unspecified atom stereocenters. The molecule has 0 aromatic heterocycles. The van der Waals surface area contributed by atoms with Crippen LogP contribution in [0.2, 0.25) is 10.0 Å². The van der Waals surface area contributed by atoms with Gasteiger partial charge in [0.2, 0.25) is 5.91 Å². The molecule has 0 spiro atoms. The number of benzene rings is 1. The molecule has 0 bridgehead atoms. The van der Waals surface area contributed by atoms with E-state index in [1.165, 1.54) is 7.05 Å². The summed E-state index contributed by atoms with van der Waals surface area (Å²) >= 11 is 17.5. The maximum atomic E-state index is 11.2. The summed E-state index contributed by atoms with van der Waals surface area (Å²) in [4.78, 5) is 11.2. The molecular weight excluding hydrogens is 244 g/mol. The molecule has 76 valence electrons. The summed E-state index contributed by atoms with van der Waals surface area (Å²) in [7, 11) is 1.52. The standard InChI is InChI=1S/C9H8Cl3NO/c1-13-9(14)8(12)6-3-2-5(10)4-7(6)11/h2-4,8H,1H3,(H,13,14). The van der Waals surface area contributed by atoms with Crippen LogP contribution in [0.4, 0.5) is 0 Å². The molecule has 0 saturated heterocycles. The maximum Gasteiger partial charge on any atom is 0.242 e. The number of halogens is 3. The molecule has 1 amide bonds. The Balaban J connectivity index is 3.01. The molecule has 5 heteroatoms. The average Bonchev–Trinajstić information content (AvgIpc) is 2.15. The summed E-state index contributed by atoms with van der Waals surface area (Å²) in [5, 5.41) is 2.56. The highest BCUT2D eigenvalue weighted by Gasteiger charge is 2.18. The molecular formula is C9H8Cl3NO. The number of carbonyl (C=O) groups excluding carboxylic acids is 1. The lowest BCUT2D eigenvalue weighted by molar-refractivity contribution is -0.120. The topological polar surface area (TPSA) is 29.1 Å². The lowest BCUT2D eigenvalue weighted by Crippen LogP contribution is -2.22. The minimum absolute atomic E-state index is 0.295. The van der Waals surface area contributed by atoms with Gasteiger partial charge in [0.05, 0.1) is 0 Å². The molecule has 14 heavy (non-hydrogen) atoms. The van der Waals surface area contributed by atoms with Gasteiger partial charge in [-0.15, -0.1) is 11.6 Å². The van der Waals surface area contributed by atoms with E-state index in [-0.39, 0.29) is 5.91 Å². The third-order valence-corrected chi connectivity index (χ3v) is 2.71. The fourth-order valence-corrected chi connectivity index (χ4v) is 1.85. The molecule has 2 nitrogen and oxygen atoms in total. The van der Waals surface area contributed by atoms with Crippen LogP contribution in [0.15, 0.2) is 18.2 Å². The van der Waals surface area contributed by atoms with Gasteiger partial charge in [-0.25, -0.2) is 0 Å². The Morgan fingerprint density at radius 1 is 1.43 bits per heavy atom. The normalized spacial score (nSPS) is 12.3. The van der Waals surface area contributed by atoms with Crippen molar-refractivity contribution < 1.29 is 4.79 Å². The third-order valence-electron chi connectivity index (χ3n) is 1.71. The largest absolute Gasteiger partial charge is 0.358 e. The molecule has 1 aromatic carbocycles. The Kier molecular flexibility index (Phi) is 4.05. The highest BCUT2D eigenvalue weighted by Crippen LogP contribution is 2.29. The lowest BCUT2D eigenvalue weighted by Gasteiger charge is -2.09. The summed E-state index contributed by atoms with van der Waals surface area (Å²) in [5.41, 5.74) is 0.553. The molecule has 0 aliphatic heterocycles. The van der Waals surface area contributed by atoms with E-state index >= 15 is 0 Å². The van der Waals surface area contributed by atoms with Crippen LogP contribution in [0.1, 0.15) is 10.9 Å². The molecule has 0 aliphatic rings. The molecule has 1 atom stereocenters. The van der Waals surface area contributed by atoms with Crippen molar-refractivity contribution in [3.8, 4) is 0 Å². The van der Waals surface area contributed by atoms with Gasteiger partial charge in [-0.1, -0.05) is 29.3 Å². The summed E-state index contributed by atoms with van der Waals surface area (Å²) in [6, 6.07) is 4.83. The van der Waals surface area contributed by atoms with Crippen molar-refractivity contribution in [1.29, 1.82) is 0 Å². The molecule has 0 aliphatic carbocycles. The zero-order valence-corrected chi connectivity index (χ0v) is 9.62. The Labute approximate surface area is 97.1 Å². The zero-order valence-electron chi connectivity index (χ0n) is 7.35. The van der Waals surface area contributed by atoms with E-state index in [1.807, 2.05) is 0 Å². The maximum absolute atomic E-state index is 11.2. The fraction of sp³-hybridized carbons (Fsp3) is 0.222. The van der Waals surface area contributed by atoms with E-state index in [0.717, 1.165) is 0 Å². The van der Waals surface area contributed by atoms with Gasteiger partial charge in [0.15, 0.2) is 0 Å². The Morgan fingerprint density at radius 2 is 2.07 bits per heavy atom. The number of likely N-dealkylation sites (N-methyl/N-ethyl adjacent to an activating group) is 1. The zero-order chi connectivity index (χ0) is 10.7. The van der Waals surface area contributed by atoms with Gasteiger partial charge in [-0.2, -0.15) is 0 Å². The van der Waals surface area contributed by atoms with Crippen molar-refractivity contribution in [3.05, 3.63) is 33.8 Å². The second kappa shape index (κ2) is 4.87. The van der Waals surface area contributed by atoms with E-state index in [0.29, 0.717) is 15.6 Å². The van der Waals surface area contributed by atoms with Crippen LogP contribution in [0.5, 0.6) is 0 Å². The van der Waals surface area contributed by atoms with Gasteiger partial charge in [0.25, 0.3) is 0 Å². The van der Waals surface area contributed by atoms with Crippen LogP contribution < -0.4 is 5.32 Å². The van der Waals surface area contributed by atoms with Crippen LogP contribution in [0.25, 0.3) is 0 Å². The smallest absolute Gasteiger partial charge is 0.242 e. The highest BCUT2D eigenvalue weighted by atomic mass is 35.5. The first-order valence-electron chi connectivity index (χ1n) is 3.87. The first-order chi connectivity index (χ1) is 6.56. The number of hydrogen-bond donors (Lipinski definition) is 1. The molecule has 0 heterocycles. The second-order valence-electron chi connectivity index (χ2n) is 2.64. The Hall–Kier alpha value is -0.440. The van der Waals surface area contributed by atoms with Crippen molar-refractivity contribution in [2.24, 2.45) is 0 Å². The van der Waals surface area contributed by atoms with Crippen LogP contribution >= 0.6 is 34.8 Å². The van der Waals surface area contributed by atoms with Crippen molar-refractivity contribution in [2.45, 2.75) is 5.38 Å². The summed E-state index contributed by atoms with van der Waals surface area (Å²) in [6.07, 6.45) is 0. The van der Waals surface area contributed by atoms with Gasteiger partial charge in [0, 0.05) is 17.1 Å². The minimum Gasteiger partial charge on any atom is -0.358 e. The van der Waals surface area contributed by atoms with Gasteiger partial charge >= 0.3 is 0 Å². The molecule has 1 N–H and O–H groups in total. The highest BCUT2D eigenvalue weighted by molar-refractivity contribution is 6.37. The van der Waals surface area contributed by atoms with Crippen LogP contribution in [0, 0.1) is 0 Å². The number of carbonyl (C=O) groups is 1. The number of alkyl halides is 1. The van der Waals surface area contributed by atoms with E-state index in [4.69, 9.17) is 34.8 Å². The number of amides is 1. The minimum atomic E-state index is -0.787. The number of nitrogens with one attached hydrogen (secondary N) is 1. The second-order valence-corrected chi connectivity index (χ2v) is 3.92. The third kappa shape index (κ3) is 2.53. The van der Waals surface area contributed by atoms with Crippen LogP contribution in [0.3, 0.4) is 0 Å². The summed E-state index contributed by atoms with van der Waals surface area (Å²) < 4.78 is 0. The Bertz CT molecular complexity index is 354.